The maximum absolute atomic E-state index is 8.92. The SMILES string of the molecule is CCc1nc(COc2c(C)cc(C#N)cc2C)cs1. The van der Waals surface area contributed by atoms with Gasteiger partial charge in [0.2, 0.25) is 0 Å². The van der Waals surface area contributed by atoms with E-state index in [2.05, 4.69) is 18.0 Å². The van der Waals surface area contributed by atoms with Crippen molar-refractivity contribution in [3.8, 4) is 11.8 Å². The van der Waals surface area contributed by atoms with Crippen molar-refractivity contribution >= 4 is 11.3 Å². The van der Waals surface area contributed by atoms with Crippen LogP contribution in [0.3, 0.4) is 0 Å². The molecule has 0 aliphatic heterocycles. The molecular formula is C15H16N2OS. The van der Waals surface area contributed by atoms with Crippen LogP contribution in [-0.4, -0.2) is 4.98 Å². The molecule has 0 atom stereocenters. The fourth-order valence-corrected chi connectivity index (χ4v) is 2.70. The summed E-state index contributed by atoms with van der Waals surface area (Å²) in [6.45, 7) is 6.49. The normalized spacial score (nSPS) is 10.2. The number of benzene rings is 1. The van der Waals surface area contributed by atoms with E-state index in [9.17, 15) is 0 Å². The van der Waals surface area contributed by atoms with E-state index in [1.165, 1.54) is 0 Å². The first kappa shape index (κ1) is 13.6. The Labute approximate surface area is 117 Å². The van der Waals surface area contributed by atoms with Crippen LogP contribution in [0.15, 0.2) is 17.5 Å². The van der Waals surface area contributed by atoms with Crippen LogP contribution in [0.25, 0.3) is 0 Å². The smallest absolute Gasteiger partial charge is 0.131 e. The molecule has 0 aliphatic carbocycles. The summed E-state index contributed by atoms with van der Waals surface area (Å²) in [5, 5.41) is 12.1. The molecule has 0 unspecified atom stereocenters. The topological polar surface area (TPSA) is 45.9 Å². The van der Waals surface area contributed by atoms with E-state index in [0.29, 0.717) is 12.2 Å². The molecular weight excluding hydrogens is 256 g/mol. The third-order valence-electron chi connectivity index (χ3n) is 2.86. The summed E-state index contributed by atoms with van der Waals surface area (Å²) in [7, 11) is 0. The highest BCUT2D eigenvalue weighted by Gasteiger charge is 2.08. The molecule has 0 amide bonds. The van der Waals surface area contributed by atoms with Gasteiger partial charge in [-0.1, -0.05) is 6.92 Å². The molecule has 0 saturated carbocycles. The van der Waals surface area contributed by atoms with Gasteiger partial charge in [-0.25, -0.2) is 4.98 Å². The third kappa shape index (κ3) is 3.12. The van der Waals surface area contributed by atoms with Gasteiger partial charge in [-0.2, -0.15) is 5.26 Å². The Morgan fingerprint density at radius 1 is 1.32 bits per heavy atom. The lowest BCUT2D eigenvalue weighted by molar-refractivity contribution is 0.297. The van der Waals surface area contributed by atoms with Gasteiger partial charge in [0.1, 0.15) is 12.4 Å². The standard InChI is InChI=1S/C15H16N2OS/c1-4-14-17-13(9-19-14)8-18-15-10(2)5-12(7-16)6-11(15)3/h5-6,9H,4,8H2,1-3H3. The lowest BCUT2D eigenvalue weighted by atomic mass is 10.1. The molecule has 1 aromatic carbocycles. The van der Waals surface area contributed by atoms with Crippen LogP contribution in [-0.2, 0) is 13.0 Å². The summed E-state index contributed by atoms with van der Waals surface area (Å²) >= 11 is 1.66. The highest BCUT2D eigenvalue weighted by molar-refractivity contribution is 7.09. The highest BCUT2D eigenvalue weighted by Crippen LogP contribution is 2.25. The van der Waals surface area contributed by atoms with Gasteiger partial charge in [0, 0.05) is 5.38 Å². The zero-order valence-electron chi connectivity index (χ0n) is 11.4. The zero-order chi connectivity index (χ0) is 13.8. The highest BCUT2D eigenvalue weighted by atomic mass is 32.1. The van der Waals surface area contributed by atoms with Gasteiger partial charge >= 0.3 is 0 Å². The number of ether oxygens (including phenoxy) is 1. The van der Waals surface area contributed by atoms with Crippen molar-refractivity contribution in [2.24, 2.45) is 0 Å². The quantitative estimate of drug-likeness (QED) is 0.851. The number of thiazole rings is 1. The van der Waals surface area contributed by atoms with Crippen molar-refractivity contribution in [3.63, 3.8) is 0 Å². The van der Waals surface area contributed by atoms with Crippen molar-refractivity contribution in [1.82, 2.24) is 4.98 Å². The van der Waals surface area contributed by atoms with Crippen molar-refractivity contribution in [2.45, 2.75) is 33.8 Å². The monoisotopic (exact) mass is 272 g/mol. The minimum absolute atomic E-state index is 0.476. The average molecular weight is 272 g/mol. The Balaban J connectivity index is 2.13. The van der Waals surface area contributed by atoms with Crippen molar-refractivity contribution in [3.05, 3.63) is 44.9 Å². The lowest BCUT2D eigenvalue weighted by Crippen LogP contribution is -2.00. The predicted molar refractivity (Wildman–Crippen MR) is 76.5 cm³/mol. The van der Waals surface area contributed by atoms with Gasteiger partial charge in [0.15, 0.2) is 0 Å². The summed E-state index contributed by atoms with van der Waals surface area (Å²) in [6.07, 6.45) is 0.958. The van der Waals surface area contributed by atoms with Crippen LogP contribution in [0.2, 0.25) is 0 Å². The minimum atomic E-state index is 0.476. The van der Waals surface area contributed by atoms with Crippen LogP contribution in [0.1, 0.15) is 34.3 Å². The van der Waals surface area contributed by atoms with Gasteiger partial charge in [-0.15, -0.1) is 11.3 Å². The number of hydrogen-bond donors (Lipinski definition) is 0. The van der Waals surface area contributed by atoms with Gasteiger partial charge in [-0.3, -0.25) is 0 Å². The summed E-state index contributed by atoms with van der Waals surface area (Å²) in [5.74, 6) is 0.852. The second kappa shape index (κ2) is 5.85. The average Bonchev–Trinajstić information content (AvgIpc) is 2.85. The van der Waals surface area contributed by atoms with E-state index in [4.69, 9.17) is 10.00 Å². The van der Waals surface area contributed by atoms with Crippen LogP contribution in [0.4, 0.5) is 0 Å². The van der Waals surface area contributed by atoms with E-state index in [0.717, 1.165) is 34.0 Å². The molecule has 0 aliphatic rings. The zero-order valence-corrected chi connectivity index (χ0v) is 12.2. The van der Waals surface area contributed by atoms with Crippen LogP contribution in [0.5, 0.6) is 5.75 Å². The molecule has 0 bridgehead atoms. The van der Waals surface area contributed by atoms with E-state index in [1.807, 2.05) is 31.4 Å². The Bertz CT molecular complexity index is 602. The van der Waals surface area contributed by atoms with E-state index >= 15 is 0 Å². The minimum Gasteiger partial charge on any atom is -0.487 e. The van der Waals surface area contributed by atoms with Gasteiger partial charge < -0.3 is 4.74 Å². The molecule has 0 radical (unpaired) electrons. The number of nitriles is 1. The van der Waals surface area contributed by atoms with Gasteiger partial charge in [0.25, 0.3) is 0 Å². The second-order valence-electron chi connectivity index (χ2n) is 4.43. The van der Waals surface area contributed by atoms with Crippen LogP contribution >= 0.6 is 11.3 Å². The molecule has 0 N–H and O–H groups in total. The Hall–Kier alpha value is -1.86. The molecule has 2 rings (SSSR count). The maximum atomic E-state index is 8.92. The molecule has 0 spiro atoms. The number of aromatic nitrogens is 1. The van der Waals surface area contributed by atoms with Crippen LogP contribution < -0.4 is 4.74 Å². The van der Waals surface area contributed by atoms with E-state index in [1.54, 1.807) is 11.3 Å². The van der Waals surface area contributed by atoms with Gasteiger partial charge in [-0.05, 0) is 43.5 Å². The van der Waals surface area contributed by atoms with Crippen molar-refractivity contribution in [1.29, 1.82) is 5.26 Å². The summed E-state index contributed by atoms with van der Waals surface area (Å²) < 4.78 is 5.85. The summed E-state index contributed by atoms with van der Waals surface area (Å²) in [5.41, 5.74) is 3.61. The second-order valence-corrected chi connectivity index (χ2v) is 5.37. The van der Waals surface area contributed by atoms with Crippen molar-refractivity contribution < 1.29 is 4.74 Å². The molecule has 4 heteroatoms. The molecule has 0 fully saturated rings. The fraction of sp³-hybridized carbons (Fsp3) is 0.333. The summed E-state index contributed by atoms with van der Waals surface area (Å²) in [4.78, 5) is 4.48. The molecule has 19 heavy (non-hydrogen) atoms. The first-order valence-corrected chi connectivity index (χ1v) is 7.09. The summed E-state index contributed by atoms with van der Waals surface area (Å²) in [6, 6.07) is 5.85. The molecule has 1 aromatic heterocycles. The van der Waals surface area contributed by atoms with Crippen LogP contribution in [0, 0.1) is 25.2 Å². The predicted octanol–water partition coefficient (Wildman–Crippen LogP) is 3.77. The number of hydrogen-bond acceptors (Lipinski definition) is 4. The Morgan fingerprint density at radius 3 is 2.53 bits per heavy atom. The van der Waals surface area contributed by atoms with Gasteiger partial charge in [0.05, 0.1) is 22.3 Å². The molecule has 1 heterocycles. The van der Waals surface area contributed by atoms with E-state index in [-0.39, 0.29) is 0 Å². The maximum Gasteiger partial charge on any atom is 0.131 e. The fourth-order valence-electron chi connectivity index (χ4n) is 1.97. The van der Waals surface area contributed by atoms with E-state index < -0.39 is 0 Å². The largest absolute Gasteiger partial charge is 0.487 e. The molecule has 3 nitrogen and oxygen atoms in total. The lowest BCUT2D eigenvalue weighted by Gasteiger charge is -2.11. The Morgan fingerprint density at radius 2 is 2.00 bits per heavy atom. The molecule has 0 saturated heterocycles. The van der Waals surface area contributed by atoms with Crippen molar-refractivity contribution in [2.75, 3.05) is 0 Å². The number of rotatable bonds is 4. The third-order valence-corrected chi connectivity index (χ3v) is 3.90. The molecule has 98 valence electrons. The Kier molecular flexibility index (Phi) is 4.18. The first-order chi connectivity index (χ1) is 9.13. The number of aryl methyl sites for hydroxylation is 3. The molecule has 2 aromatic rings. The number of nitrogens with zero attached hydrogens (tertiary/aromatic N) is 2. The first-order valence-electron chi connectivity index (χ1n) is 6.21.